The van der Waals surface area contributed by atoms with Gasteiger partial charge in [-0.05, 0) is 62.3 Å². The largest absolute Gasteiger partial charge is 0.508 e. The topological polar surface area (TPSA) is 23.5 Å². The van der Waals surface area contributed by atoms with Crippen LogP contribution in [-0.4, -0.2) is 23.6 Å². The zero-order valence-corrected chi connectivity index (χ0v) is 12.2. The Balaban J connectivity index is 1.59. The molecular formula is C16H22ClNO. The summed E-state index contributed by atoms with van der Waals surface area (Å²) in [7, 11) is 2.15. The third kappa shape index (κ3) is 2.90. The van der Waals surface area contributed by atoms with Crippen molar-refractivity contribution in [2.75, 3.05) is 13.6 Å². The van der Waals surface area contributed by atoms with Crippen molar-refractivity contribution in [2.45, 2.75) is 32.2 Å². The molecule has 2 fully saturated rings. The molecule has 0 heterocycles. The molecule has 3 rings (SSSR count). The maximum atomic E-state index is 9.86. The van der Waals surface area contributed by atoms with E-state index in [2.05, 4.69) is 11.9 Å². The van der Waals surface area contributed by atoms with Gasteiger partial charge < -0.3 is 10.0 Å². The summed E-state index contributed by atoms with van der Waals surface area (Å²) in [4.78, 5) is 2.33. The first-order valence-electron chi connectivity index (χ1n) is 7.27. The van der Waals surface area contributed by atoms with E-state index in [1.54, 1.807) is 12.1 Å². The highest BCUT2D eigenvalue weighted by molar-refractivity contribution is 6.30. The summed E-state index contributed by atoms with van der Waals surface area (Å²) < 4.78 is 0. The van der Waals surface area contributed by atoms with Crippen molar-refractivity contribution in [3.63, 3.8) is 0 Å². The van der Waals surface area contributed by atoms with Crippen molar-refractivity contribution in [2.24, 2.45) is 17.8 Å². The van der Waals surface area contributed by atoms with Crippen LogP contribution in [0.5, 0.6) is 5.75 Å². The van der Waals surface area contributed by atoms with Gasteiger partial charge in [0.2, 0.25) is 0 Å². The number of phenolic OH excluding ortho intramolecular Hbond substituents is 1. The molecule has 2 aliphatic carbocycles. The van der Waals surface area contributed by atoms with Crippen LogP contribution in [0, 0.1) is 17.8 Å². The molecule has 0 amide bonds. The Morgan fingerprint density at radius 1 is 1.32 bits per heavy atom. The standard InChI is InChI=1S/C16H22ClNO/c1-18(9-13-7-11-2-3-12(13)6-11)10-14-8-15(17)4-5-16(14)19/h4-5,8,11-13,19H,2-3,6-7,9-10H2,1H3. The number of hydrogen-bond donors (Lipinski definition) is 1. The summed E-state index contributed by atoms with van der Waals surface area (Å²) in [5.74, 6) is 3.18. The molecule has 3 unspecified atom stereocenters. The second kappa shape index (κ2) is 5.34. The second-order valence-corrected chi connectivity index (χ2v) is 6.84. The fraction of sp³-hybridized carbons (Fsp3) is 0.625. The average Bonchev–Trinajstić information content (AvgIpc) is 2.96. The lowest BCUT2D eigenvalue weighted by molar-refractivity contribution is 0.213. The minimum Gasteiger partial charge on any atom is -0.508 e. The number of fused-ring (bicyclic) bond motifs is 2. The van der Waals surface area contributed by atoms with E-state index in [-0.39, 0.29) is 0 Å². The highest BCUT2D eigenvalue weighted by atomic mass is 35.5. The van der Waals surface area contributed by atoms with E-state index in [1.165, 1.54) is 25.7 Å². The van der Waals surface area contributed by atoms with E-state index in [4.69, 9.17) is 11.6 Å². The van der Waals surface area contributed by atoms with E-state index in [1.807, 2.05) is 6.07 Å². The van der Waals surface area contributed by atoms with E-state index in [9.17, 15) is 5.11 Å². The molecular weight excluding hydrogens is 258 g/mol. The van der Waals surface area contributed by atoms with E-state index >= 15 is 0 Å². The molecule has 2 nitrogen and oxygen atoms in total. The van der Waals surface area contributed by atoms with Crippen molar-refractivity contribution in [3.05, 3.63) is 28.8 Å². The Labute approximate surface area is 120 Å². The number of nitrogens with zero attached hydrogens (tertiary/aromatic N) is 1. The van der Waals surface area contributed by atoms with Gasteiger partial charge in [0.15, 0.2) is 0 Å². The summed E-state index contributed by atoms with van der Waals surface area (Å²) in [6.07, 6.45) is 5.77. The highest BCUT2D eigenvalue weighted by Crippen LogP contribution is 2.48. The Kier molecular flexibility index (Phi) is 3.72. The monoisotopic (exact) mass is 279 g/mol. The maximum absolute atomic E-state index is 9.86. The SMILES string of the molecule is CN(Cc1cc(Cl)ccc1O)CC1CC2CCC1C2. The Bertz CT molecular complexity index is 462. The molecule has 0 aromatic heterocycles. The molecule has 3 atom stereocenters. The molecule has 2 aliphatic rings. The Hall–Kier alpha value is -0.730. The third-order valence-electron chi connectivity index (χ3n) is 4.91. The lowest BCUT2D eigenvalue weighted by Gasteiger charge is -2.27. The molecule has 2 saturated carbocycles. The van der Waals surface area contributed by atoms with Gasteiger partial charge in [-0.1, -0.05) is 18.0 Å². The van der Waals surface area contributed by atoms with E-state index in [0.29, 0.717) is 10.8 Å². The van der Waals surface area contributed by atoms with Gasteiger partial charge in [0.25, 0.3) is 0 Å². The van der Waals surface area contributed by atoms with Gasteiger partial charge in [0.1, 0.15) is 5.75 Å². The quantitative estimate of drug-likeness (QED) is 0.903. The smallest absolute Gasteiger partial charge is 0.120 e. The van der Waals surface area contributed by atoms with Gasteiger partial charge in [-0.3, -0.25) is 0 Å². The van der Waals surface area contributed by atoms with Crippen molar-refractivity contribution < 1.29 is 5.11 Å². The molecule has 1 aromatic rings. The molecule has 104 valence electrons. The lowest BCUT2D eigenvalue weighted by Crippen LogP contribution is -2.28. The number of aromatic hydroxyl groups is 1. The molecule has 0 saturated heterocycles. The van der Waals surface area contributed by atoms with Crippen LogP contribution in [0.25, 0.3) is 0 Å². The molecule has 19 heavy (non-hydrogen) atoms. The predicted octanol–water partition coefficient (Wildman–Crippen LogP) is 3.91. The van der Waals surface area contributed by atoms with Crippen LogP contribution in [-0.2, 0) is 6.54 Å². The molecule has 1 aromatic carbocycles. The Morgan fingerprint density at radius 2 is 2.16 bits per heavy atom. The summed E-state index contributed by atoms with van der Waals surface area (Å²) in [6.45, 7) is 1.92. The second-order valence-electron chi connectivity index (χ2n) is 6.40. The van der Waals surface area contributed by atoms with Crippen LogP contribution < -0.4 is 0 Å². The minimum atomic E-state index is 0.351. The van der Waals surface area contributed by atoms with Crippen LogP contribution in [0.4, 0.5) is 0 Å². The number of hydrogen-bond acceptors (Lipinski definition) is 2. The number of halogens is 1. The highest BCUT2D eigenvalue weighted by Gasteiger charge is 2.39. The lowest BCUT2D eigenvalue weighted by atomic mass is 9.88. The molecule has 3 heteroatoms. The van der Waals surface area contributed by atoms with Crippen molar-refractivity contribution >= 4 is 11.6 Å². The van der Waals surface area contributed by atoms with Crippen LogP contribution in [0.2, 0.25) is 5.02 Å². The van der Waals surface area contributed by atoms with Gasteiger partial charge in [-0.25, -0.2) is 0 Å². The summed E-state index contributed by atoms with van der Waals surface area (Å²) >= 11 is 5.99. The van der Waals surface area contributed by atoms with Crippen molar-refractivity contribution in [3.8, 4) is 5.75 Å². The first kappa shape index (κ1) is 13.3. The zero-order chi connectivity index (χ0) is 13.4. The average molecular weight is 280 g/mol. The van der Waals surface area contributed by atoms with E-state index in [0.717, 1.165) is 36.4 Å². The number of benzene rings is 1. The van der Waals surface area contributed by atoms with Gasteiger partial charge in [0, 0.05) is 23.7 Å². The predicted molar refractivity (Wildman–Crippen MR) is 78.4 cm³/mol. The number of phenols is 1. The van der Waals surface area contributed by atoms with Gasteiger partial charge >= 0.3 is 0 Å². The van der Waals surface area contributed by atoms with Gasteiger partial charge in [-0.15, -0.1) is 0 Å². The molecule has 1 N–H and O–H groups in total. The van der Waals surface area contributed by atoms with Crippen molar-refractivity contribution in [1.29, 1.82) is 0 Å². The summed E-state index contributed by atoms with van der Waals surface area (Å²) in [5.41, 5.74) is 0.929. The fourth-order valence-electron chi connectivity index (χ4n) is 4.04. The first-order valence-corrected chi connectivity index (χ1v) is 7.65. The van der Waals surface area contributed by atoms with Crippen LogP contribution >= 0.6 is 11.6 Å². The zero-order valence-electron chi connectivity index (χ0n) is 11.5. The van der Waals surface area contributed by atoms with Gasteiger partial charge in [0.05, 0.1) is 0 Å². The Morgan fingerprint density at radius 3 is 2.84 bits per heavy atom. The molecule has 0 aliphatic heterocycles. The van der Waals surface area contributed by atoms with Crippen LogP contribution in [0.3, 0.4) is 0 Å². The maximum Gasteiger partial charge on any atom is 0.120 e. The van der Waals surface area contributed by atoms with E-state index < -0.39 is 0 Å². The third-order valence-corrected chi connectivity index (χ3v) is 5.15. The summed E-state index contributed by atoms with van der Waals surface area (Å²) in [6, 6.07) is 5.29. The van der Waals surface area contributed by atoms with Crippen molar-refractivity contribution in [1.82, 2.24) is 4.90 Å². The number of rotatable bonds is 4. The summed E-state index contributed by atoms with van der Waals surface area (Å²) in [5, 5.41) is 10.6. The van der Waals surface area contributed by atoms with Crippen LogP contribution in [0.15, 0.2) is 18.2 Å². The minimum absolute atomic E-state index is 0.351. The fourth-order valence-corrected chi connectivity index (χ4v) is 4.23. The normalized spacial score (nSPS) is 29.3. The van der Waals surface area contributed by atoms with Gasteiger partial charge in [-0.2, -0.15) is 0 Å². The molecule has 2 bridgehead atoms. The molecule has 0 spiro atoms. The molecule has 0 radical (unpaired) electrons. The van der Waals surface area contributed by atoms with Crippen LogP contribution in [0.1, 0.15) is 31.2 Å². The first-order chi connectivity index (χ1) is 9.11.